The van der Waals surface area contributed by atoms with Crippen LogP contribution in [0.15, 0.2) is 6.07 Å². The normalized spacial score (nSPS) is 22.2. The van der Waals surface area contributed by atoms with Gasteiger partial charge in [-0.05, 0) is 18.6 Å². The van der Waals surface area contributed by atoms with Crippen LogP contribution in [0.4, 0.5) is 0 Å². The molecule has 1 aromatic heterocycles. The summed E-state index contributed by atoms with van der Waals surface area (Å²) in [5, 5.41) is 6.15. The topological polar surface area (TPSA) is 41.1 Å². The van der Waals surface area contributed by atoms with Gasteiger partial charge >= 0.3 is 0 Å². The summed E-state index contributed by atoms with van der Waals surface area (Å²) in [4.78, 5) is 11.0. The van der Waals surface area contributed by atoms with Crippen LogP contribution in [0, 0.1) is 0 Å². The smallest absolute Gasteiger partial charge is 0.221 e. The van der Waals surface area contributed by atoms with Crippen molar-refractivity contribution in [3.05, 3.63) is 20.3 Å². The van der Waals surface area contributed by atoms with Crippen molar-refractivity contribution in [1.82, 2.24) is 10.6 Å². The fraction of sp³-hybridized carbons (Fsp3) is 0.500. The fourth-order valence-electron chi connectivity index (χ4n) is 1.81. The molecule has 6 heteroatoms. The molecule has 0 aliphatic carbocycles. The molecule has 0 radical (unpaired) electrons. The molecule has 2 unspecified atom stereocenters. The summed E-state index contributed by atoms with van der Waals surface area (Å²) in [6.45, 7) is 2.70. The summed E-state index contributed by atoms with van der Waals surface area (Å²) < 4.78 is 1.40. The third-order valence-electron chi connectivity index (χ3n) is 2.61. The van der Waals surface area contributed by atoms with Crippen LogP contribution in [-0.4, -0.2) is 18.5 Å². The molecule has 2 rings (SSSR count). The first kappa shape index (κ1) is 12.2. The van der Waals surface area contributed by atoms with Crippen LogP contribution in [0.2, 0.25) is 8.67 Å². The van der Waals surface area contributed by atoms with E-state index in [9.17, 15) is 4.79 Å². The zero-order valence-electron chi connectivity index (χ0n) is 8.72. The van der Waals surface area contributed by atoms with Gasteiger partial charge in [0, 0.05) is 25.0 Å². The SMILES string of the molecule is CC(NC1CNC(=O)C1)c1cc(Cl)sc1Cl. The minimum Gasteiger partial charge on any atom is -0.354 e. The molecule has 16 heavy (non-hydrogen) atoms. The lowest BCUT2D eigenvalue weighted by atomic mass is 10.1. The highest BCUT2D eigenvalue weighted by Gasteiger charge is 2.24. The van der Waals surface area contributed by atoms with E-state index in [1.165, 1.54) is 11.3 Å². The Kier molecular flexibility index (Phi) is 3.74. The van der Waals surface area contributed by atoms with Gasteiger partial charge in [0.15, 0.2) is 0 Å². The largest absolute Gasteiger partial charge is 0.354 e. The van der Waals surface area contributed by atoms with E-state index in [2.05, 4.69) is 10.6 Å². The van der Waals surface area contributed by atoms with Gasteiger partial charge in [0.2, 0.25) is 5.91 Å². The van der Waals surface area contributed by atoms with E-state index in [1.54, 1.807) is 0 Å². The number of hydrogen-bond acceptors (Lipinski definition) is 3. The number of carbonyl (C=O) groups excluding carboxylic acids is 1. The van der Waals surface area contributed by atoms with Crippen LogP contribution in [0.5, 0.6) is 0 Å². The Labute approximate surface area is 108 Å². The van der Waals surface area contributed by atoms with Crippen LogP contribution in [0.25, 0.3) is 0 Å². The van der Waals surface area contributed by atoms with Gasteiger partial charge in [0.1, 0.15) is 0 Å². The fourth-order valence-corrected chi connectivity index (χ4v) is 3.46. The van der Waals surface area contributed by atoms with Crippen molar-refractivity contribution >= 4 is 40.4 Å². The minimum absolute atomic E-state index is 0.0964. The Morgan fingerprint density at radius 1 is 1.62 bits per heavy atom. The maximum absolute atomic E-state index is 11.0. The Morgan fingerprint density at radius 2 is 2.38 bits per heavy atom. The van der Waals surface area contributed by atoms with Crippen molar-refractivity contribution in [2.45, 2.75) is 25.4 Å². The van der Waals surface area contributed by atoms with E-state index < -0.39 is 0 Å². The highest BCUT2D eigenvalue weighted by molar-refractivity contribution is 7.20. The maximum atomic E-state index is 11.0. The zero-order valence-corrected chi connectivity index (χ0v) is 11.0. The zero-order chi connectivity index (χ0) is 11.7. The average Bonchev–Trinajstić information content (AvgIpc) is 2.73. The van der Waals surface area contributed by atoms with Gasteiger partial charge in [-0.3, -0.25) is 4.79 Å². The van der Waals surface area contributed by atoms with Gasteiger partial charge in [-0.2, -0.15) is 0 Å². The number of nitrogens with one attached hydrogen (secondary N) is 2. The molecule has 0 bridgehead atoms. The van der Waals surface area contributed by atoms with Gasteiger partial charge in [0.25, 0.3) is 0 Å². The molecule has 2 atom stereocenters. The standard InChI is InChI=1S/C10H12Cl2N2OS/c1-5(7-3-8(11)16-10(7)12)14-6-2-9(15)13-4-6/h3,5-6,14H,2,4H2,1H3,(H,13,15). The lowest BCUT2D eigenvalue weighted by Crippen LogP contribution is -2.33. The quantitative estimate of drug-likeness (QED) is 0.893. The molecule has 88 valence electrons. The molecule has 3 nitrogen and oxygen atoms in total. The van der Waals surface area contributed by atoms with Crippen molar-refractivity contribution in [2.24, 2.45) is 0 Å². The molecule has 2 N–H and O–H groups in total. The summed E-state index contributed by atoms with van der Waals surface area (Å²) in [6.07, 6.45) is 0.528. The first-order valence-electron chi connectivity index (χ1n) is 5.03. The van der Waals surface area contributed by atoms with Crippen LogP contribution < -0.4 is 10.6 Å². The van der Waals surface area contributed by atoms with Crippen molar-refractivity contribution in [3.8, 4) is 0 Å². The lowest BCUT2D eigenvalue weighted by Gasteiger charge is -2.17. The van der Waals surface area contributed by atoms with Gasteiger partial charge in [0.05, 0.1) is 8.67 Å². The van der Waals surface area contributed by atoms with Crippen molar-refractivity contribution < 1.29 is 4.79 Å². The Hall–Kier alpha value is -0.290. The molecule has 0 aromatic carbocycles. The lowest BCUT2D eigenvalue weighted by molar-refractivity contribution is -0.119. The second-order valence-electron chi connectivity index (χ2n) is 3.87. The summed E-state index contributed by atoms with van der Waals surface area (Å²) in [5.41, 5.74) is 0.996. The number of hydrogen-bond donors (Lipinski definition) is 2. The monoisotopic (exact) mass is 278 g/mol. The van der Waals surface area contributed by atoms with Crippen molar-refractivity contribution in [1.29, 1.82) is 0 Å². The van der Waals surface area contributed by atoms with Gasteiger partial charge in [-0.25, -0.2) is 0 Å². The third kappa shape index (κ3) is 2.69. The number of thiophene rings is 1. The first-order chi connectivity index (χ1) is 7.56. The van der Waals surface area contributed by atoms with Crippen LogP contribution in [-0.2, 0) is 4.79 Å². The predicted molar refractivity (Wildman–Crippen MR) is 67.3 cm³/mol. The second-order valence-corrected chi connectivity index (χ2v) is 6.16. The third-order valence-corrected chi connectivity index (χ3v) is 4.13. The van der Waals surface area contributed by atoms with Crippen LogP contribution in [0.1, 0.15) is 24.9 Å². The molecule has 1 aromatic rings. The van der Waals surface area contributed by atoms with Crippen molar-refractivity contribution in [3.63, 3.8) is 0 Å². The van der Waals surface area contributed by atoms with E-state index in [-0.39, 0.29) is 18.0 Å². The molecule has 0 saturated carbocycles. The van der Waals surface area contributed by atoms with E-state index in [0.29, 0.717) is 21.6 Å². The molecule has 2 heterocycles. The predicted octanol–water partition coefficient (Wildman–Crippen LogP) is 2.59. The second kappa shape index (κ2) is 4.92. The summed E-state index contributed by atoms with van der Waals surface area (Å²) in [6, 6.07) is 2.15. The number of rotatable bonds is 3. The molecule has 1 fully saturated rings. The van der Waals surface area contributed by atoms with E-state index in [4.69, 9.17) is 23.2 Å². The molecule has 1 amide bonds. The van der Waals surface area contributed by atoms with E-state index in [0.717, 1.165) is 5.56 Å². The summed E-state index contributed by atoms with van der Waals surface area (Å²) >= 11 is 13.3. The summed E-state index contributed by atoms with van der Waals surface area (Å²) in [7, 11) is 0. The average molecular weight is 279 g/mol. The molecule has 1 saturated heterocycles. The molecular formula is C10H12Cl2N2OS. The highest BCUT2D eigenvalue weighted by atomic mass is 35.5. The Morgan fingerprint density at radius 3 is 2.88 bits per heavy atom. The van der Waals surface area contributed by atoms with Crippen LogP contribution >= 0.6 is 34.5 Å². The van der Waals surface area contributed by atoms with E-state index in [1.807, 2.05) is 13.0 Å². The molecular weight excluding hydrogens is 267 g/mol. The van der Waals surface area contributed by atoms with Gasteiger partial charge in [-0.15, -0.1) is 11.3 Å². The number of amides is 1. The van der Waals surface area contributed by atoms with Crippen molar-refractivity contribution in [2.75, 3.05) is 6.54 Å². The number of carbonyl (C=O) groups is 1. The van der Waals surface area contributed by atoms with Gasteiger partial charge in [-0.1, -0.05) is 23.2 Å². The minimum atomic E-state index is 0.0964. The summed E-state index contributed by atoms with van der Waals surface area (Å²) in [5.74, 6) is 0.0964. The van der Waals surface area contributed by atoms with E-state index >= 15 is 0 Å². The Bertz CT molecular complexity index is 408. The molecule has 1 aliphatic rings. The molecule has 1 aliphatic heterocycles. The number of halogens is 2. The first-order valence-corrected chi connectivity index (χ1v) is 6.61. The van der Waals surface area contributed by atoms with Crippen LogP contribution in [0.3, 0.4) is 0 Å². The highest BCUT2D eigenvalue weighted by Crippen LogP contribution is 2.35. The molecule has 0 spiro atoms. The van der Waals surface area contributed by atoms with Gasteiger partial charge < -0.3 is 10.6 Å². The maximum Gasteiger partial charge on any atom is 0.221 e. The Balaban J connectivity index is 2.00.